The second kappa shape index (κ2) is 4.80. The first-order valence-corrected chi connectivity index (χ1v) is 6.60. The van der Waals surface area contributed by atoms with Crippen LogP contribution in [-0.2, 0) is 7.05 Å². The van der Waals surface area contributed by atoms with E-state index in [4.69, 9.17) is 0 Å². The molecule has 0 fully saturated rings. The molecule has 0 aromatic carbocycles. The smallest absolute Gasteiger partial charge is 0.191 e. The lowest BCUT2D eigenvalue weighted by atomic mass is 10.4. The molecule has 0 radical (unpaired) electrons. The molecule has 2 aromatic rings. The van der Waals surface area contributed by atoms with Gasteiger partial charge in [0.25, 0.3) is 0 Å². The van der Waals surface area contributed by atoms with Crippen LogP contribution in [0.2, 0.25) is 0 Å². The molecule has 0 atom stereocenters. The minimum Gasteiger partial charge on any atom is -0.309 e. The van der Waals surface area contributed by atoms with Crippen molar-refractivity contribution >= 4 is 28.9 Å². The number of carbonyl (C=O) groups is 1. The molecule has 0 saturated carbocycles. The van der Waals surface area contributed by atoms with E-state index in [0.717, 1.165) is 15.9 Å². The molecule has 6 heteroatoms. The summed E-state index contributed by atoms with van der Waals surface area (Å²) in [6.07, 6.45) is 0. The second-order valence-corrected chi connectivity index (χ2v) is 5.17. The van der Waals surface area contributed by atoms with Gasteiger partial charge in [0.15, 0.2) is 10.9 Å². The largest absolute Gasteiger partial charge is 0.309 e. The third-order valence-electron chi connectivity index (χ3n) is 2.18. The van der Waals surface area contributed by atoms with Crippen molar-refractivity contribution in [2.45, 2.75) is 12.1 Å². The van der Waals surface area contributed by atoms with Crippen LogP contribution in [0.15, 0.2) is 22.7 Å². The predicted octanol–water partition coefficient (Wildman–Crippen LogP) is 2.16. The molecule has 2 heterocycles. The van der Waals surface area contributed by atoms with Crippen LogP contribution < -0.4 is 0 Å². The van der Waals surface area contributed by atoms with Crippen LogP contribution in [0.4, 0.5) is 0 Å². The normalized spacial score (nSPS) is 10.6. The van der Waals surface area contributed by atoms with Gasteiger partial charge in [0.1, 0.15) is 5.82 Å². The fourth-order valence-electron chi connectivity index (χ4n) is 1.15. The molecule has 0 aliphatic heterocycles. The molecule has 0 saturated heterocycles. The Morgan fingerprint density at radius 2 is 2.38 bits per heavy atom. The van der Waals surface area contributed by atoms with E-state index in [1.165, 1.54) is 23.1 Å². The van der Waals surface area contributed by atoms with Crippen molar-refractivity contribution in [3.8, 4) is 0 Å². The molecule has 0 amide bonds. The quantitative estimate of drug-likeness (QED) is 0.619. The van der Waals surface area contributed by atoms with E-state index in [-0.39, 0.29) is 5.78 Å². The lowest BCUT2D eigenvalue weighted by Gasteiger charge is -1.99. The van der Waals surface area contributed by atoms with Crippen molar-refractivity contribution in [2.75, 3.05) is 5.75 Å². The summed E-state index contributed by atoms with van der Waals surface area (Å²) in [5.41, 5.74) is 0. The van der Waals surface area contributed by atoms with Crippen molar-refractivity contribution in [2.24, 2.45) is 7.05 Å². The van der Waals surface area contributed by atoms with E-state index in [0.29, 0.717) is 5.75 Å². The third-order valence-corrected chi connectivity index (χ3v) is 4.11. The predicted molar refractivity (Wildman–Crippen MR) is 65.1 cm³/mol. The Morgan fingerprint density at radius 1 is 1.56 bits per heavy atom. The molecule has 2 aromatic heterocycles. The topological polar surface area (TPSA) is 47.8 Å². The number of carbonyl (C=O) groups excluding carboxylic acids is 1. The van der Waals surface area contributed by atoms with Gasteiger partial charge >= 0.3 is 0 Å². The van der Waals surface area contributed by atoms with Gasteiger partial charge in [0, 0.05) is 7.05 Å². The average molecular weight is 253 g/mol. The average Bonchev–Trinajstić information content (AvgIpc) is 2.89. The summed E-state index contributed by atoms with van der Waals surface area (Å²) in [4.78, 5) is 12.5. The number of nitrogens with zero attached hydrogens (tertiary/aromatic N) is 3. The number of thioether (sulfide) groups is 1. The van der Waals surface area contributed by atoms with Crippen LogP contribution in [0.5, 0.6) is 0 Å². The third kappa shape index (κ3) is 2.33. The highest BCUT2D eigenvalue weighted by Gasteiger charge is 2.11. The van der Waals surface area contributed by atoms with Gasteiger partial charge in [0.05, 0.1) is 10.6 Å². The maximum Gasteiger partial charge on any atom is 0.191 e. The lowest BCUT2D eigenvalue weighted by Crippen LogP contribution is -2.01. The summed E-state index contributed by atoms with van der Waals surface area (Å²) in [6.45, 7) is 1.89. The molecular formula is C10H11N3OS2. The van der Waals surface area contributed by atoms with E-state index in [1.807, 2.05) is 36.1 Å². The molecule has 84 valence electrons. The first-order chi connectivity index (χ1) is 7.68. The van der Waals surface area contributed by atoms with Crippen molar-refractivity contribution in [1.29, 1.82) is 0 Å². The summed E-state index contributed by atoms with van der Waals surface area (Å²) in [5, 5.41) is 10.6. The Labute approximate surface area is 102 Å². The van der Waals surface area contributed by atoms with Gasteiger partial charge in [-0.25, -0.2) is 0 Å². The highest BCUT2D eigenvalue weighted by atomic mass is 32.2. The van der Waals surface area contributed by atoms with E-state index < -0.39 is 0 Å². The SMILES string of the molecule is Cc1nnc(SCC(=O)c2cccs2)n1C. The Balaban J connectivity index is 1.98. The van der Waals surface area contributed by atoms with Crippen molar-refractivity contribution in [1.82, 2.24) is 14.8 Å². The first-order valence-electron chi connectivity index (χ1n) is 4.74. The summed E-state index contributed by atoms with van der Waals surface area (Å²) in [6, 6.07) is 3.73. The van der Waals surface area contributed by atoms with Crippen LogP contribution in [-0.4, -0.2) is 26.3 Å². The van der Waals surface area contributed by atoms with Crippen molar-refractivity contribution < 1.29 is 4.79 Å². The standard InChI is InChI=1S/C10H11N3OS2/c1-7-11-12-10(13(7)2)16-6-8(14)9-4-3-5-15-9/h3-5H,6H2,1-2H3. The van der Waals surface area contributed by atoms with Crippen LogP contribution in [0.3, 0.4) is 0 Å². The van der Waals surface area contributed by atoms with E-state index >= 15 is 0 Å². The number of rotatable bonds is 4. The van der Waals surface area contributed by atoms with Gasteiger partial charge in [-0.05, 0) is 18.4 Å². The molecule has 0 unspecified atom stereocenters. The zero-order valence-corrected chi connectivity index (χ0v) is 10.6. The number of aromatic nitrogens is 3. The summed E-state index contributed by atoms with van der Waals surface area (Å²) < 4.78 is 1.88. The van der Waals surface area contributed by atoms with Gasteiger partial charge in [0.2, 0.25) is 0 Å². The zero-order valence-electron chi connectivity index (χ0n) is 9.01. The Kier molecular flexibility index (Phi) is 3.40. The Morgan fingerprint density at radius 3 is 2.94 bits per heavy atom. The van der Waals surface area contributed by atoms with Crippen molar-refractivity contribution in [3.05, 3.63) is 28.2 Å². The van der Waals surface area contributed by atoms with Crippen LogP contribution in [0.25, 0.3) is 0 Å². The van der Waals surface area contributed by atoms with E-state index in [1.54, 1.807) is 0 Å². The molecule has 0 bridgehead atoms. The molecule has 2 rings (SSSR count). The molecule has 0 aliphatic rings. The lowest BCUT2D eigenvalue weighted by molar-refractivity contribution is 0.102. The number of Topliss-reactive ketones (excluding diaryl/α,β-unsaturated/α-hetero) is 1. The summed E-state index contributed by atoms with van der Waals surface area (Å²) in [5.74, 6) is 1.40. The number of hydrogen-bond acceptors (Lipinski definition) is 5. The molecule has 0 aliphatic carbocycles. The molecule has 16 heavy (non-hydrogen) atoms. The van der Waals surface area contributed by atoms with Gasteiger partial charge in [-0.15, -0.1) is 21.5 Å². The number of aryl methyl sites for hydroxylation is 1. The molecule has 0 spiro atoms. The fraction of sp³-hybridized carbons (Fsp3) is 0.300. The van der Waals surface area contributed by atoms with Gasteiger partial charge < -0.3 is 4.57 Å². The summed E-state index contributed by atoms with van der Waals surface area (Å²) in [7, 11) is 1.90. The Bertz CT molecular complexity index is 490. The van der Waals surface area contributed by atoms with Gasteiger partial charge in [-0.2, -0.15) is 0 Å². The second-order valence-electron chi connectivity index (χ2n) is 3.28. The van der Waals surface area contributed by atoms with Gasteiger partial charge in [-0.1, -0.05) is 17.8 Å². The van der Waals surface area contributed by atoms with Crippen molar-refractivity contribution in [3.63, 3.8) is 0 Å². The zero-order chi connectivity index (χ0) is 11.5. The number of ketones is 1. The number of thiophene rings is 1. The van der Waals surface area contributed by atoms with Crippen LogP contribution in [0.1, 0.15) is 15.5 Å². The van der Waals surface area contributed by atoms with Crippen LogP contribution >= 0.6 is 23.1 Å². The minimum atomic E-state index is 0.139. The monoisotopic (exact) mass is 253 g/mol. The highest BCUT2D eigenvalue weighted by Crippen LogP contribution is 2.18. The van der Waals surface area contributed by atoms with E-state index in [2.05, 4.69) is 10.2 Å². The maximum atomic E-state index is 11.7. The number of hydrogen-bond donors (Lipinski definition) is 0. The van der Waals surface area contributed by atoms with Crippen LogP contribution in [0, 0.1) is 6.92 Å². The fourth-order valence-corrected chi connectivity index (χ4v) is 2.75. The Hall–Kier alpha value is -1.14. The molecule has 4 nitrogen and oxygen atoms in total. The maximum absolute atomic E-state index is 11.7. The summed E-state index contributed by atoms with van der Waals surface area (Å²) >= 11 is 2.89. The van der Waals surface area contributed by atoms with E-state index in [9.17, 15) is 4.79 Å². The van der Waals surface area contributed by atoms with Gasteiger partial charge in [-0.3, -0.25) is 4.79 Å². The molecule has 0 N–H and O–H groups in total. The highest BCUT2D eigenvalue weighted by molar-refractivity contribution is 7.99. The molecular weight excluding hydrogens is 242 g/mol. The minimum absolute atomic E-state index is 0.139. The first kappa shape index (κ1) is 11.3.